The lowest BCUT2D eigenvalue weighted by Crippen LogP contribution is -2.50. The van der Waals surface area contributed by atoms with Crippen molar-refractivity contribution in [2.75, 3.05) is 6.61 Å². The maximum atomic E-state index is 13.3. The van der Waals surface area contributed by atoms with Gasteiger partial charge in [-0.25, -0.2) is 0 Å². The van der Waals surface area contributed by atoms with Crippen molar-refractivity contribution in [1.82, 2.24) is 5.32 Å². The molecule has 0 radical (unpaired) electrons. The van der Waals surface area contributed by atoms with Crippen molar-refractivity contribution in [3.63, 3.8) is 0 Å². The fourth-order valence-electron chi connectivity index (χ4n) is 4.28. The van der Waals surface area contributed by atoms with E-state index in [0.29, 0.717) is 21.4 Å². The molecule has 3 nitrogen and oxygen atoms in total. The smallest absolute Gasteiger partial charge is 0.416 e. The van der Waals surface area contributed by atoms with Gasteiger partial charge in [0, 0.05) is 10.0 Å². The number of halogens is 5. The minimum absolute atomic E-state index is 0.113. The van der Waals surface area contributed by atoms with Crippen molar-refractivity contribution in [3.8, 4) is 5.75 Å². The van der Waals surface area contributed by atoms with Crippen LogP contribution in [0.15, 0.2) is 71.7 Å². The fraction of sp³-hybridized carbons (Fsp3) is 0.269. The lowest BCUT2D eigenvalue weighted by Gasteiger charge is -2.40. The van der Waals surface area contributed by atoms with E-state index in [0.717, 1.165) is 23.3 Å². The summed E-state index contributed by atoms with van der Waals surface area (Å²) >= 11 is 12.3. The van der Waals surface area contributed by atoms with Crippen LogP contribution in [0.4, 0.5) is 13.2 Å². The van der Waals surface area contributed by atoms with Gasteiger partial charge in [-0.2, -0.15) is 13.2 Å². The molecule has 0 saturated carbocycles. The quantitative estimate of drug-likeness (QED) is 0.386. The average Bonchev–Trinajstić information content (AvgIpc) is 3.06. The largest absolute Gasteiger partial charge is 0.493 e. The van der Waals surface area contributed by atoms with Crippen LogP contribution in [0, 0.1) is 0 Å². The number of amidine groups is 1. The third-order valence-corrected chi connectivity index (χ3v) is 6.87. The van der Waals surface area contributed by atoms with Crippen molar-refractivity contribution in [2.45, 2.75) is 38.0 Å². The molecule has 1 aliphatic rings. The van der Waals surface area contributed by atoms with Gasteiger partial charge in [-0.1, -0.05) is 47.5 Å². The molecule has 0 aromatic heterocycles. The van der Waals surface area contributed by atoms with Gasteiger partial charge < -0.3 is 10.1 Å². The zero-order chi connectivity index (χ0) is 24.7. The highest BCUT2D eigenvalue weighted by molar-refractivity contribution is 6.30. The van der Waals surface area contributed by atoms with Crippen LogP contribution in [0.3, 0.4) is 0 Å². The molecule has 4 rings (SSSR count). The lowest BCUT2D eigenvalue weighted by atomic mass is 9.72. The van der Waals surface area contributed by atoms with Gasteiger partial charge in [0.2, 0.25) is 0 Å². The molecule has 1 N–H and O–H groups in total. The van der Waals surface area contributed by atoms with Gasteiger partial charge in [0.05, 0.1) is 23.3 Å². The summed E-state index contributed by atoms with van der Waals surface area (Å²) in [6.45, 7) is 5.93. The molecule has 178 valence electrons. The van der Waals surface area contributed by atoms with Crippen LogP contribution >= 0.6 is 23.2 Å². The number of benzene rings is 3. The summed E-state index contributed by atoms with van der Waals surface area (Å²) in [6.07, 6.45) is -4.48. The SMILES string of the molecule is CCOc1cc(C(F)(F)F)ccc1C1=NC(C)(c2ccc(Cl)cc2)C(C)(c2ccc(Cl)cc2)N1. The Kier molecular flexibility index (Phi) is 6.34. The second-order valence-electron chi connectivity index (χ2n) is 8.44. The van der Waals surface area contributed by atoms with E-state index in [1.165, 1.54) is 6.07 Å². The maximum absolute atomic E-state index is 13.3. The Morgan fingerprint density at radius 3 is 1.97 bits per heavy atom. The van der Waals surface area contributed by atoms with Gasteiger partial charge in [0.1, 0.15) is 17.1 Å². The predicted octanol–water partition coefficient (Wildman–Crippen LogP) is 7.59. The highest BCUT2D eigenvalue weighted by Gasteiger charge is 2.52. The van der Waals surface area contributed by atoms with E-state index in [-0.39, 0.29) is 12.4 Å². The second-order valence-corrected chi connectivity index (χ2v) is 9.31. The van der Waals surface area contributed by atoms with Gasteiger partial charge >= 0.3 is 6.18 Å². The van der Waals surface area contributed by atoms with E-state index in [1.54, 1.807) is 31.2 Å². The van der Waals surface area contributed by atoms with E-state index in [2.05, 4.69) is 5.32 Å². The van der Waals surface area contributed by atoms with Crippen LogP contribution in [0.25, 0.3) is 0 Å². The van der Waals surface area contributed by atoms with E-state index < -0.39 is 22.8 Å². The van der Waals surface area contributed by atoms with Crippen molar-refractivity contribution in [1.29, 1.82) is 0 Å². The van der Waals surface area contributed by atoms with E-state index in [9.17, 15) is 13.2 Å². The first-order valence-electron chi connectivity index (χ1n) is 10.7. The fourth-order valence-corrected chi connectivity index (χ4v) is 4.53. The highest BCUT2D eigenvalue weighted by atomic mass is 35.5. The Bertz CT molecular complexity index is 1230. The third kappa shape index (κ3) is 4.25. The summed E-state index contributed by atoms with van der Waals surface area (Å²) in [6, 6.07) is 18.3. The summed E-state index contributed by atoms with van der Waals surface area (Å²) in [4.78, 5) is 5.05. The summed E-state index contributed by atoms with van der Waals surface area (Å²) in [5.41, 5.74) is -0.105. The number of ether oxygens (including phenoxy) is 1. The van der Waals surface area contributed by atoms with Crippen LogP contribution in [0.5, 0.6) is 5.75 Å². The molecule has 0 bridgehead atoms. The van der Waals surface area contributed by atoms with E-state index in [4.69, 9.17) is 32.9 Å². The molecule has 1 aliphatic heterocycles. The molecule has 3 aromatic rings. The molecule has 0 saturated heterocycles. The van der Waals surface area contributed by atoms with Crippen LogP contribution in [-0.4, -0.2) is 12.4 Å². The summed E-state index contributed by atoms with van der Waals surface area (Å²) in [5.74, 6) is 0.550. The molecule has 2 unspecified atom stereocenters. The van der Waals surface area contributed by atoms with E-state index >= 15 is 0 Å². The van der Waals surface area contributed by atoms with Crippen LogP contribution < -0.4 is 10.1 Å². The standard InChI is InChI=1S/C26H23Cl2F3N2O/c1-4-34-22-15-18(26(29,30)31)9-14-21(22)23-32-24(2,16-5-10-19(27)11-6-16)25(3,33-23)17-7-12-20(28)13-8-17/h5-15H,4H2,1-3H3,(H,32,33). The molecule has 8 heteroatoms. The van der Waals surface area contributed by atoms with Crippen molar-refractivity contribution in [2.24, 2.45) is 4.99 Å². The Morgan fingerprint density at radius 1 is 0.882 bits per heavy atom. The zero-order valence-electron chi connectivity index (χ0n) is 18.8. The number of hydrogen-bond acceptors (Lipinski definition) is 3. The number of alkyl halides is 3. The number of nitrogens with zero attached hydrogens (tertiary/aromatic N) is 1. The first-order valence-corrected chi connectivity index (χ1v) is 11.5. The molecular weight excluding hydrogens is 484 g/mol. The van der Waals surface area contributed by atoms with E-state index in [1.807, 2.05) is 38.1 Å². The Labute approximate surface area is 206 Å². The molecule has 0 spiro atoms. The van der Waals surface area contributed by atoms with Crippen molar-refractivity contribution >= 4 is 29.0 Å². The third-order valence-electron chi connectivity index (χ3n) is 6.37. The maximum Gasteiger partial charge on any atom is 0.416 e. The minimum Gasteiger partial charge on any atom is -0.493 e. The Hall–Kier alpha value is -2.70. The van der Waals surface area contributed by atoms with Gasteiger partial charge in [0.25, 0.3) is 0 Å². The minimum atomic E-state index is -4.48. The predicted molar refractivity (Wildman–Crippen MR) is 130 cm³/mol. The van der Waals surface area contributed by atoms with Gasteiger partial charge in [-0.3, -0.25) is 4.99 Å². The van der Waals surface area contributed by atoms with Crippen LogP contribution in [-0.2, 0) is 17.3 Å². The molecule has 34 heavy (non-hydrogen) atoms. The lowest BCUT2D eigenvalue weighted by molar-refractivity contribution is -0.137. The molecule has 0 amide bonds. The number of hydrogen-bond donors (Lipinski definition) is 1. The Morgan fingerprint density at radius 2 is 1.44 bits per heavy atom. The molecule has 1 heterocycles. The summed E-state index contributed by atoms with van der Waals surface area (Å²) in [5, 5.41) is 4.69. The summed E-state index contributed by atoms with van der Waals surface area (Å²) < 4.78 is 45.7. The van der Waals surface area contributed by atoms with Gasteiger partial charge in [0.15, 0.2) is 0 Å². The first-order chi connectivity index (χ1) is 16.0. The van der Waals surface area contributed by atoms with Gasteiger partial charge in [-0.05, 0) is 74.4 Å². The summed E-state index contributed by atoms with van der Waals surface area (Å²) in [7, 11) is 0. The number of rotatable bonds is 5. The monoisotopic (exact) mass is 506 g/mol. The zero-order valence-corrected chi connectivity index (χ0v) is 20.3. The topological polar surface area (TPSA) is 33.6 Å². The van der Waals surface area contributed by atoms with Crippen molar-refractivity contribution in [3.05, 3.63) is 99.0 Å². The van der Waals surface area contributed by atoms with Gasteiger partial charge in [-0.15, -0.1) is 0 Å². The van der Waals surface area contributed by atoms with Crippen LogP contribution in [0.2, 0.25) is 10.0 Å². The Balaban J connectivity index is 1.90. The molecule has 2 atom stereocenters. The second kappa shape index (κ2) is 8.82. The van der Waals surface area contributed by atoms with Crippen LogP contribution in [0.1, 0.15) is 43.0 Å². The molecular formula is C26H23Cl2F3N2O. The molecule has 3 aromatic carbocycles. The highest BCUT2D eigenvalue weighted by Crippen LogP contribution is 2.48. The molecule has 0 fully saturated rings. The first kappa shape index (κ1) is 24.4. The molecule has 0 aliphatic carbocycles. The number of nitrogens with one attached hydrogen (secondary N) is 1. The average molecular weight is 507 g/mol. The normalized spacial score (nSPS) is 22.3. The van der Waals surface area contributed by atoms with Crippen molar-refractivity contribution < 1.29 is 17.9 Å². The number of aliphatic imine (C=N–C) groups is 1.